The van der Waals surface area contributed by atoms with Gasteiger partial charge in [0.15, 0.2) is 0 Å². The minimum Gasteiger partial charge on any atom is -0.312 e. The largest absolute Gasteiger partial charge is 0.312 e. The van der Waals surface area contributed by atoms with Gasteiger partial charge in [0.1, 0.15) is 0 Å². The summed E-state index contributed by atoms with van der Waals surface area (Å²) < 4.78 is 0. The Labute approximate surface area is 44.6 Å². The van der Waals surface area contributed by atoms with Crippen molar-refractivity contribution in [2.24, 2.45) is 4.99 Å². The van der Waals surface area contributed by atoms with Gasteiger partial charge in [-0.15, -0.1) is 0 Å². The van der Waals surface area contributed by atoms with E-state index in [0.29, 0.717) is 0 Å². The van der Waals surface area contributed by atoms with Gasteiger partial charge in [0.05, 0.1) is 0 Å². The SMILES string of the molecule is CCNC/C=N\C. The van der Waals surface area contributed by atoms with Crippen LogP contribution in [0.4, 0.5) is 0 Å². The predicted molar refractivity (Wildman–Crippen MR) is 33.0 cm³/mol. The van der Waals surface area contributed by atoms with Gasteiger partial charge in [-0.05, 0) is 6.54 Å². The van der Waals surface area contributed by atoms with Gasteiger partial charge in [0.25, 0.3) is 0 Å². The van der Waals surface area contributed by atoms with Crippen molar-refractivity contribution in [2.45, 2.75) is 6.92 Å². The predicted octanol–water partition coefficient (Wildman–Crippen LogP) is 0.297. The van der Waals surface area contributed by atoms with E-state index in [4.69, 9.17) is 0 Å². The summed E-state index contributed by atoms with van der Waals surface area (Å²) in [5.74, 6) is 0. The highest BCUT2D eigenvalue weighted by molar-refractivity contribution is 5.59. The van der Waals surface area contributed by atoms with E-state index < -0.39 is 0 Å². The molecule has 1 N–H and O–H groups in total. The van der Waals surface area contributed by atoms with Crippen LogP contribution in [0, 0.1) is 0 Å². The molecule has 0 unspecified atom stereocenters. The van der Waals surface area contributed by atoms with Crippen molar-refractivity contribution in [1.29, 1.82) is 0 Å². The molecule has 0 aromatic rings. The van der Waals surface area contributed by atoms with Gasteiger partial charge in [-0.2, -0.15) is 0 Å². The standard InChI is InChI=1S/C5H12N2/c1-3-7-5-4-6-2/h4,7H,3,5H2,1-2H3/b6-4-. The number of aliphatic imine (C=N–C) groups is 1. The molecule has 7 heavy (non-hydrogen) atoms. The maximum atomic E-state index is 3.79. The van der Waals surface area contributed by atoms with Gasteiger partial charge in [-0.3, -0.25) is 4.99 Å². The summed E-state index contributed by atoms with van der Waals surface area (Å²) in [6.45, 7) is 3.99. The number of rotatable bonds is 3. The molecule has 0 aromatic heterocycles. The lowest BCUT2D eigenvalue weighted by atomic mass is 10.6. The van der Waals surface area contributed by atoms with Gasteiger partial charge < -0.3 is 5.32 Å². The van der Waals surface area contributed by atoms with Crippen LogP contribution in [-0.2, 0) is 0 Å². The molecule has 0 aromatic carbocycles. The third-order valence-electron chi connectivity index (χ3n) is 0.668. The number of hydrogen-bond donors (Lipinski definition) is 1. The van der Waals surface area contributed by atoms with Crippen molar-refractivity contribution < 1.29 is 0 Å². The summed E-state index contributed by atoms with van der Waals surface area (Å²) in [6, 6.07) is 0. The number of nitrogens with zero attached hydrogens (tertiary/aromatic N) is 1. The smallest absolute Gasteiger partial charge is 0.0304 e. The first kappa shape index (κ1) is 6.63. The minimum absolute atomic E-state index is 0.896. The fourth-order valence-electron chi connectivity index (χ4n) is 0.300. The molecule has 0 aliphatic heterocycles. The topological polar surface area (TPSA) is 24.4 Å². The lowest BCUT2D eigenvalue weighted by Gasteiger charge is -1.88. The molecule has 0 rings (SSSR count). The molecular weight excluding hydrogens is 88.1 g/mol. The van der Waals surface area contributed by atoms with E-state index in [1.807, 2.05) is 6.21 Å². The van der Waals surface area contributed by atoms with E-state index in [0.717, 1.165) is 13.1 Å². The fourth-order valence-corrected chi connectivity index (χ4v) is 0.300. The molecule has 2 heteroatoms. The molecule has 0 saturated heterocycles. The van der Waals surface area contributed by atoms with Gasteiger partial charge in [-0.25, -0.2) is 0 Å². The number of hydrogen-bond acceptors (Lipinski definition) is 2. The van der Waals surface area contributed by atoms with Crippen molar-refractivity contribution in [3.63, 3.8) is 0 Å². The Kier molecular flexibility index (Phi) is 5.33. The summed E-state index contributed by atoms with van der Waals surface area (Å²) in [7, 11) is 1.78. The van der Waals surface area contributed by atoms with Gasteiger partial charge in [0, 0.05) is 19.8 Å². The Hall–Kier alpha value is -0.370. The molecule has 42 valence electrons. The van der Waals surface area contributed by atoms with Gasteiger partial charge in [-0.1, -0.05) is 6.92 Å². The molecule has 0 fully saturated rings. The number of nitrogens with one attached hydrogen (secondary N) is 1. The van der Waals surface area contributed by atoms with Crippen LogP contribution in [0.25, 0.3) is 0 Å². The maximum Gasteiger partial charge on any atom is 0.0304 e. The van der Waals surface area contributed by atoms with E-state index in [1.165, 1.54) is 0 Å². The van der Waals surface area contributed by atoms with Crippen LogP contribution in [0.1, 0.15) is 6.92 Å². The van der Waals surface area contributed by atoms with Crippen LogP contribution < -0.4 is 5.32 Å². The molecule has 0 radical (unpaired) electrons. The Morgan fingerprint density at radius 2 is 2.43 bits per heavy atom. The highest BCUT2D eigenvalue weighted by Gasteiger charge is 1.69. The second-order valence-electron chi connectivity index (χ2n) is 1.25. The molecular formula is C5H12N2. The summed E-state index contributed by atoms with van der Waals surface area (Å²) >= 11 is 0. The summed E-state index contributed by atoms with van der Waals surface area (Å²) in [5.41, 5.74) is 0. The fraction of sp³-hybridized carbons (Fsp3) is 0.800. The summed E-state index contributed by atoms with van der Waals surface area (Å²) in [6.07, 6.45) is 1.85. The van der Waals surface area contributed by atoms with E-state index >= 15 is 0 Å². The monoisotopic (exact) mass is 100 g/mol. The Morgan fingerprint density at radius 1 is 1.71 bits per heavy atom. The Balaban J connectivity index is 2.69. The molecule has 0 heterocycles. The van der Waals surface area contributed by atoms with Crippen LogP contribution >= 0.6 is 0 Å². The highest BCUT2D eigenvalue weighted by Crippen LogP contribution is 1.52. The average Bonchev–Trinajstić information content (AvgIpc) is 1.69. The van der Waals surface area contributed by atoms with E-state index in [9.17, 15) is 0 Å². The zero-order valence-corrected chi connectivity index (χ0v) is 4.94. The molecule has 0 aliphatic carbocycles. The lowest BCUT2D eigenvalue weighted by molar-refractivity contribution is 0.823. The van der Waals surface area contributed by atoms with Crippen LogP contribution in [0.5, 0.6) is 0 Å². The van der Waals surface area contributed by atoms with Crippen LogP contribution in [-0.4, -0.2) is 26.4 Å². The van der Waals surface area contributed by atoms with Crippen molar-refractivity contribution in [2.75, 3.05) is 20.1 Å². The average molecular weight is 100 g/mol. The van der Waals surface area contributed by atoms with Gasteiger partial charge >= 0.3 is 0 Å². The minimum atomic E-state index is 0.896. The quantitative estimate of drug-likeness (QED) is 0.400. The normalized spacial score (nSPS) is 10.6. The second kappa shape index (κ2) is 5.63. The molecule has 0 spiro atoms. The third-order valence-corrected chi connectivity index (χ3v) is 0.668. The van der Waals surface area contributed by atoms with Crippen molar-refractivity contribution in [3.05, 3.63) is 0 Å². The molecule has 2 nitrogen and oxygen atoms in total. The summed E-state index contributed by atoms with van der Waals surface area (Å²) in [4.78, 5) is 3.79. The molecule has 0 saturated carbocycles. The zero-order valence-electron chi connectivity index (χ0n) is 4.94. The summed E-state index contributed by atoms with van der Waals surface area (Å²) in [5, 5.41) is 3.10. The zero-order chi connectivity index (χ0) is 5.54. The first-order valence-electron chi connectivity index (χ1n) is 2.53. The Morgan fingerprint density at radius 3 is 2.86 bits per heavy atom. The molecule has 0 aliphatic rings. The van der Waals surface area contributed by atoms with Crippen LogP contribution in [0.15, 0.2) is 4.99 Å². The second-order valence-corrected chi connectivity index (χ2v) is 1.25. The van der Waals surface area contributed by atoms with Gasteiger partial charge in [0.2, 0.25) is 0 Å². The Bertz CT molecular complexity index is 50.0. The third kappa shape index (κ3) is 5.63. The van der Waals surface area contributed by atoms with E-state index in [1.54, 1.807) is 7.05 Å². The van der Waals surface area contributed by atoms with Crippen molar-refractivity contribution in [1.82, 2.24) is 5.32 Å². The van der Waals surface area contributed by atoms with Crippen LogP contribution in [0.2, 0.25) is 0 Å². The molecule has 0 atom stereocenters. The van der Waals surface area contributed by atoms with Crippen LogP contribution in [0.3, 0.4) is 0 Å². The molecule has 0 bridgehead atoms. The lowest BCUT2D eigenvalue weighted by Crippen LogP contribution is -2.14. The molecule has 0 amide bonds. The maximum absolute atomic E-state index is 3.79. The first-order chi connectivity index (χ1) is 3.41. The van der Waals surface area contributed by atoms with E-state index in [-0.39, 0.29) is 0 Å². The highest BCUT2D eigenvalue weighted by atomic mass is 14.8. The van der Waals surface area contributed by atoms with Crippen molar-refractivity contribution >= 4 is 6.21 Å². The van der Waals surface area contributed by atoms with E-state index in [2.05, 4.69) is 17.2 Å². The first-order valence-corrected chi connectivity index (χ1v) is 2.53. The van der Waals surface area contributed by atoms with Crippen molar-refractivity contribution in [3.8, 4) is 0 Å².